The van der Waals surface area contributed by atoms with E-state index in [0.717, 1.165) is 5.56 Å². The SMILES string of the molecule is CCN(Cc1ccc(Cl)c(Cl)c1)C(=O)c1cnn(-c2ccc([N+](=O)[O-])cc2)c1. The molecule has 7 nitrogen and oxygen atoms in total. The van der Waals surface area contributed by atoms with E-state index < -0.39 is 4.92 Å². The molecule has 28 heavy (non-hydrogen) atoms. The van der Waals surface area contributed by atoms with Crippen molar-refractivity contribution in [2.45, 2.75) is 13.5 Å². The van der Waals surface area contributed by atoms with Crippen LogP contribution in [-0.4, -0.2) is 32.1 Å². The second kappa shape index (κ2) is 8.41. The van der Waals surface area contributed by atoms with E-state index in [1.807, 2.05) is 13.0 Å². The average molecular weight is 419 g/mol. The van der Waals surface area contributed by atoms with Crippen LogP contribution in [0, 0.1) is 10.1 Å². The number of halogens is 2. The van der Waals surface area contributed by atoms with Crippen LogP contribution in [0.25, 0.3) is 5.69 Å². The summed E-state index contributed by atoms with van der Waals surface area (Å²) in [6, 6.07) is 11.2. The third-order valence-electron chi connectivity index (χ3n) is 4.18. The highest BCUT2D eigenvalue weighted by molar-refractivity contribution is 6.42. The van der Waals surface area contributed by atoms with Crippen molar-refractivity contribution in [2.75, 3.05) is 6.54 Å². The first-order chi connectivity index (χ1) is 13.4. The number of benzene rings is 2. The average Bonchev–Trinajstić information content (AvgIpc) is 3.18. The van der Waals surface area contributed by atoms with Crippen LogP contribution in [0.5, 0.6) is 0 Å². The third kappa shape index (κ3) is 4.32. The van der Waals surface area contributed by atoms with Gasteiger partial charge < -0.3 is 4.90 Å². The number of aromatic nitrogens is 2. The first kappa shape index (κ1) is 19.9. The Bertz CT molecular complexity index is 1020. The zero-order valence-corrected chi connectivity index (χ0v) is 16.4. The summed E-state index contributed by atoms with van der Waals surface area (Å²) >= 11 is 12.0. The number of rotatable bonds is 6. The van der Waals surface area contributed by atoms with Crippen molar-refractivity contribution in [3.63, 3.8) is 0 Å². The molecule has 2 aromatic carbocycles. The predicted octanol–water partition coefficient (Wildman–Crippen LogP) is 4.75. The predicted molar refractivity (Wildman–Crippen MR) is 107 cm³/mol. The van der Waals surface area contributed by atoms with E-state index in [1.54, 1.807) is 35.4 Å². The lowest BCUT2D eigenvalue weighted by Gasteiger charge is -2.20. The van der Waals surface area contributed by atoms with Crippen molar-refractivity contribution < 1.29 is 9.72 Å². The number of hydrogen-bond donors (Lipinski definition) is 0. The first-order valence-electron chi connectivity index (χ1n) is 8.41. The van der Waals surface area contributed by atoms with Crippen molar-refractivity contribution in [2.24, 2.45) is 0 Å². The van der Waals surface area contributed by atoms with Crippen LogP contribution < -0.4 is 0 Å². The Morgan fingerprint density at radius 3 is 2.50 bits per heavy atom. The smallest absolute Gasteiger partial charge is 0.269 e. The van der Waals surface area contributed by atoms with Crippen LogP contribution >= 0.6 is 23.2 Å². The van der Waals surface area contributed by atoms with Crippen LogP contribution in [-0.2, 0) is 6.54 Å². The standard InChI is InChI=1S/C19H16Cl2N4O3/c1-2-23(11-13-3-8-17(20)18(21)9-13)19(26)14-10-22-24(12-14)15-4-6-16(7-5-15)25(27)28/h3-10,12H,2,11H2,1H3. The minimum Gasteiger partial charge on any atom is -0.335 e. The van der Waals surface area contributed by atoms with Crippen molar-refractivity contribution in [3.05, 3.63) is 86.1 Å². The maximum atomic E-state index is 12.8. The number of amides is 1. The summed E-state index contributed by atoms with van der Waals surface area (Å²) in [6.45, 7) is 2.77. The lowest BCUT2D eigenvalue weighted by Crippen LogP contribution is -2.30. The van der Waals surface area contributed by atoms with Crippen LogP contribution in [0.3, 0.4) is 0 Å². The van der Waals surface area contributed by atoms with E-state index in [9.17, 15) is 14.9 Å². The number of hydrogen-bond acceptors (Lipinski definition) is 4. The molecule has 3 aromatic rings. The minimum atomic E-state index is -0.468. The highest BCUT2D eigenvalue weighted by Crippen LogP contribution is 2.23. The zero-order chi connectivity index (χ0) is 20.3. The van der Waals surface area contributed by atoms with E-state index in [0.29, 0.717) is 34.4 Å². The molecule has 0 spiro atoms. The van der Waals surface area contributed by atoms with Crippen molar-refractivity contribution in [3.8, 4) is 5.69 Å². The van der Waals surface area contributed by atoms with Gasteiger partial charge in [0.05, 0.1) is 32.4 Å². The topological polar surface area (TPSA) is 81.3 Å². The molecule has 0 saturated heterocycles. The van der Waals surface area contributed by atoms with Gasteiger partial charge in [0.1, 0.15) is 0 Å². The molecule has 144 valence electrons. The maximum absolute atomic E-state index is 12.8. The Kier molecular flexibility index (Phi) is 5.96. The number of nitro benzene ring substituents is 1. The Labute approximate surface area is 171 Å². The summed E-state index contributed by atoms with van der Waals surface area (Å²) in [5, 5.41) is 15.9. The monoisotopic (exact) mass is 418 g/mol. The van der Waals surface area contributed by atoms with Gasteiger partial charge in [0, 0.05) is 31.4 Å². The Morgan fingerprint density at radius 2 is 1.89 bits per heavy atom. The third-order valence-corrected chi connectivity index (χ3v) is 4.92. The van der Waals surface area contributed by atoms with Gasteiger partial charge in [-0.25, -0.2) is 4.68 Å². The lowest BCUT2D eigenvalue weighted by atomic mass is 10.2. The number of carbonyl (C=O) groups is 1. The van der Waals surface area contributed by atoms with Gasteiger partial charge >= 0.3 is 0 Å². The zero-order valence-electron chi connectivity index (χ0n) is 14.9. The fourth-order valence-electron chi connectivity index (χ4n) is 2.67. The van der Waals surface area contributed by atoms with E-state index in [4.69, 9.17) is 23.2 Å². The van der Waals surface area contributed by atoms with E-state index >= 15 is 0 Å². The van der Waals surface area contributed by atoms with Gasteiger partial charge in [-0.05, 0) is 36.8 Å². The van der Waals surface area contributed by atoms with Gasteiger partial charge in [-0.2, -0.15) is 5.10 Å². The van der Waals surface area contributed by atoms with Crippen molar-refractivity contribution in [1.29, 1.82) is 0 Å². The van der Waals surface area contributed by atoms with Gasteiger partial charge in [-0.15, -0.1) is 0 Å². The molecule has 0 aliphatic carbocycles. The summed E-state index contributed by atoms with van der Waals surface area (Å²) in [5.41, 5.74) is 1.90. The van der Waals surface area contributed by atoms with Crippen LogP contribution in [0.15, 0.2) is 54.9 Å². The minimum absolute atomic E-state index is 0.00834. The molecule has 0 unspecified atom stereocenters. The normalized spacial score (nSPS) is 10.7. The first-order valence-corrected chi connectivity index (χ1v) is 9.17. The molecular formula is C19H16Cl2N4O3. The van der Waals surface area contributed by atoms with E-state index in [2.05, 4.69) is 5.10 Å². The maximum Gasteiger partial charge on any atom is 0.269 e. The summed E-state index contributed by atoms with van der Waals surface area (Å²) in [5.74, 6) is -0.179. The fraction of sp³-hybridized carbons (Fsp3) is 0.158. The fourth-order valence-corrected chi connectivity index (χ4v) is 2.99. The van der Waals surface area contributed by atoms with Gasteiger partial charge in [0.25, 0.3) is 11.6 Å². The molecule has 0 N–H and O–H groups in total. The molecule has 0 aliphatic rings. The molecule has 1 amide bonds. The molecule has 0 atom stereocenters. The molecule has 0 fully saturated rings. The number of non-ortho nitro benzene ring substituents is 1. The molecule has 9 heteroatoms. The summed E-state index contributed by atoms with van der Waals surface area (Å²) in [4.78, 5) is 24.8. The Balaban J connectivity index is 1.77. The van der Waals surface area contributed by atoms with E-state index in [-0.39, 0.29) is 11.6 Å². The van der Waals surface area contributed by atoms with Crippen molar-refractivity contribution >= 4 is 34.8 Å². The second-order valence-corrected chi connectivity index (χ2v) is 6.83. The molecule has 0 saturated carbocycles. The molecule has 0 radical (unpaired) electrons. The van der Waals surface area contributed by atoms with Crippen LogP contribution in [0.2, 0.25) is 10.0 Å². The summed E-state index contributed by atoms with van der Waals surface area (Å²) in [6.07, 6.45) is 3.07. The Hall–Kier alpha value is -2.90. The highest BCUT2D eigenvalue weighted by atomic mass is 35.5. The number of carbonyl (C=O) groups excluding carboxylic acids is 1. The molecule has 3 rings (SSSR count). The van der Waals surface area contributed by atoms with Gasteiger partial charge in [0.2, 0.25) is 0 Å². The summed E-state index contributed by atoms with van der Waals surface area (Å²) in [7, 11) is 0. The molecular weight excluding hydrogens is 403 g/mol. The Morgan fingerprint density at radius 1 is 1.18 bits per heavy atom. The molecule has 1 aromatic heterocycles. The van der Waals surface area contributed by atoms with E-state index in [1.165, 1.54) is 23.0 Å². The lowest BCUT2D eigenvalue weighted by molar-refractivity contribution is -0.384. The molecule has 0 bridgehead atoms. The van der Waals surface area contributed by atoms with Gasteiger partial charge in [-0.3, -0.25) is 14.9 Å². The molecule has 0 aliphatic heterocycles. The largest absolute Gasteiger partial charge is 0.335 e. The number of nitro groups is 1. The van der Waals surface area contributed by atoms with Crippen LogP contribution in [0.1, 0.15) is 22.8 Å². The quantitative estimate of drug-likeness (QED) is 0.427. The van der Waals surface area contributed by atoms with Gasteiger partial charge in [0.15, 0.2) is 0 Å². The second-order valence-electron chi connectivity index (χ2n) is 6.01. The van der Waals surface area contributed by atoms with Gasteiger partial charge in [-0.1, -0.05) is 29.3 Å². The summed E-state index contributed by atoms with van der Waals surface area (Å²) < 4.78 is 1.50. The van der Waals surface area contributed by atoms with Crippen molar-refractivity contribution in [1.82, 2.24) is 14.7 Å². The van der Waals surface area contributed by atoms with Crippen LogP contribution in [0.4, 0.5) is 5.69 Å². The highest BCUT2D eigenvalue weighted by Gasteiger charge is 2.17. The number of nitrogens with zero attached hydrogens (tertiary/aromatic N) is 4. The molecule has 1 heterocycles.